The summed E-state index contributed by atoms with van der Waals surface area (Å²) in [5, 5.41) is 8.65. The van der Waals surface area contributed by atoms with Crippen molar-refractivity contribution in [3.63, 3.8) is 0 Å². The minimum Gasteiger partial charge on any atom is -0.494 e. The van der Waals surface area contributed by atoms with Crippen molar-refractivity contribution in [2.45, 2.75) is 24.0 Å². The summed E-state index contributed by atoms with van der Waals surface area (Å²) in [6, 6.07) is 38.7. The number of carbonyl (C=O) groups is 3. The molecule has 0 fully saturated rings. The zero-order chi connectivity index (χ0) is 34.9. The van der Waals surface area contributed by atoms with Gasteiger partial charge in [-0.05, 0) is 91.2 Å². The van der Waals surface area contributed by atoms with Crippen LogP contribution in [0.3, 0.4) is 0 Å². The summed E-state index contributed by atoms with van der Waals surface area (Å²) in [5.41, 5.74) is 4.47. The lowest BCUT2D eigenvalue weighted by Gasteiger charge is -2.17. The fourth-order valence-electron chi connectivity index (χ4n) is 5.07. The van der Waals surface area contributed by atoms with Gasteiger partial charge < -0.3 is 20.7 Å². The molecule has 0 bridgehead atoms. The maximum atomic E-state index is 13.8. The fourth-order valence-corrected chi connectivity index (χ4v) is 7.13. The van der Waals surface area contributed by atoms with Gasteiger partial charge in [-0.15, -0.1) is 11.8 Å². The number of hydrogen-bond donors (Lipinski definition) is 3. The molecule has 6 aromatic rings. The molecule has 250 valence electrons. The van der Waals surface area contributed by atoms with Crippen LogP contribution < -0.4 is 20.7 Å². The third-order valence-corrected chi connectivity index (χ3v) is 9.67. The first kappa shape index (κ1) is 34.2. The van der Waals surface area contributed by atoms with Crippen LogP contribution in [0.2, 0.25) is 0 Å². The highest BCUT2D eigenvalue weighted by Gasteiger charge is 2.24. The number of thiazole rings is 1. The van der Waals surface area contributed by atoms with E-state index in [0.717, 1.165) is 26.2 Å². The summed E-state index contributed by atoms with van der Waals surface area (Å²) < 4.78 is 6.55. The van der Waals surface area contributed by atoms with Gasteiger partial charge in [-0.1, -0.05) is 84.1 Å². The lowest BCUT2D eigenvalue weighted by atomic mass is 10.1. The summed E-state index contributed by atoms with van der Waals surface area (Å²) in [6.45, 7) is 4.47. The topological polar surface area (TPSA) is 109 Å². The van der Waals surface area contributed by atoms with E-state index in [-0.39, 0.29) is 11.6 Å². The van der Waals surface area contributed by atoms with Crippen molar-refractivity contribution in [3.05, 3.63) is 155 Å². The summed E-state index contributed by atoms with van der Waals surface area (Å²) in [7, 11) is 0. The van der Waals surface area contributed by atoms with E-state index in [1.54, 1.807) is 42.5 Å². The first-order valence-electron chi connectivity index (χ1n) is 16.0. The van der Waals surface area contributed by atoms with Gasteiger partial charge in [0.1, 0.15) is 16.7 Å². The Morgan fingerprint density at radius 3 is 2.32 bits per heavy atom. The zero-order valence-electron chi connectivity index (χ0n) is 27.4. The van der Waals surface area contributed by atoms with Crippen LogP contribution in [0.5, 0.6) is 5.75 Å². The monoisotopic (exact) mass is 698 g/mol. The van der Waals surface area contributed by atoms with E-state index in [9.17, 15) is 14.4 Å². The molecule has 0 aliphatic carbocycles. The van der Waals surface area contributed by atoms with Gasteiger partial charge in [0.25, 0.3) is 11.8 Å². The number of aromatic nitrogens is 1. The average molecular weight is 699 g/mol. The van der Waals surface area contributed by atoms with E-state index in [2.05, 4.69) is 27.0 Å². The second kappa shape index (κ2) is 16.1. The van der Waals surface area contributed by atoms with Gasteiger partial charge in [0.15, 0.2) is 5.13 Å². The maximum Gasteiger partial charge on any atom is 0.272 e. The van der Waals surface area contributed by atoms with Gasteiger partial charge in [-0.2, -0.15) is 0 Å². The van der Waals surface area contributed by atoms with Crippen LogP contribution in [0.1, 0.15) is 39.2 Å². The van der Waals surface area contributed by atoms with Crippen molar-refractivity contribution < 1.29 is 19.1 Å². The number of benzene rings is 5. The van der Waals surface area contributed by atoms with E-state index < -0.39 is 17.1 Å². The number of amides is 3. The zero-order valence-corrected chi connectivity index (χ0v) is 29.0. The largest absolute Gasteiger partial charge is 0.494 e. The van der Waals surface area contributed by atoms with Crippen molar-refractivity contribution in [1.29, 1.82) is 0 Å². The number of ether oxygens (including phenoxy) is 1. The van der Waals surface area contributed by atoms with Gasteiger partial charge in [0, 0.05) is 16.1 Å². The highest BCUT2D eigenvalue weighted by Crippen LogP contribution is 2.38. The number of anilines is 2. The molecule has 10 heteroatoms. The molecule has 0 saturated carbocycles. The van der Waals surface area contributed by atoms with Crippen LogP contribution in [0.15, 0.2) is 138 Å². The number of nitrogens with zero attached hydrogens (tertiary/aromatic N) is 1. The van der Waals surface area contributed by atoms with Gasteiger partial charge in [-0.25, -0.2) is 4.98 Å². The minimum atomic E-state index is -0.601. The highest BCUT2D eigenvalue weighted by atomic mass is 32.2. The predicted octanol–water partition coefficient (Wildman–Crippen LogP) is 8.89. The van der Waals surface area contributed by atoms with E-state index in [1.807, 2.05) is 98.8 Å². The van der Waals surface area contributed by atoms with E-state index >= 15 is 0 Å². The molecular formula is C40H34N4O4S2. The molecule has 0 spiro atoms. The quantitative estimate of drug-likeness (QED) is 0.0870. The maximum absolute atomic E-state index is 13.8. The van der Waals surface area contributed by atoms with Crippen LogP contribution in [0, 0.1) is 6.92 Å². The van der Waals surface area contributed by atoms with Crippen LogP contribution in [0.4, 0.5) is 10.8 Å². The molecular weight excluding hydrogens is 665 g/mol. The smallest absolute Gasteiger partial charge is 0.272 e. The first-order valence-corrected chi connectivity index (χ1v) is 17.7. The Hall–Kier alpha value is -5.71. The lowest BCUT2D eigenvalue weighted by Crippen LogP contribution is -2.30. The third kappa shape index (κ3) is 8.84. The average Bonchev–Trinajstić information content (AvgIpc) is 3.53. The third-order valence-electron chi connectivity index (χ3n) is 7.49. The van der Waals surface area contributed by atoms with Crippen LogP contribution in [-0.2, 0) is 9.59 Å². The molecule has 1 heterocycles. The Kier molecular flexibility index (Phi) is 11.0. The number of carbonyl (C=O) groups excluding carboxylic acids is 3. The normalized spacial score (nSPS) is 11.8. The molecule has 0 radical (unpaired) electrons. The van der Waals surface area contributed by atoms with Gasteiger partial charge in [-0.3, -0.25) is 14.4 Å². The van der Waals surface area contributed by atoms with E-state index in [0.29, 0.717) is 34.3 Å². The second-order valence-corrected chi connectivity index (χ2v) is 13.5. The molecule has 50 heavy (non-hydrogen) atoms. The molecule has 5 aromatic carbocycles. The number of hydrogen-bond acceptors (Lipinski definition) is 7. The van der Waals surface area contributed by atoms with Crippen molar-refractivity contribution >= 4 is 67.9 Å². The number of fused-ring (bicyclic) bond motifs is 1. The fraction of sp³-hybridized carbons (Fsp3) is 0.100. The molecule has 8 nitrogen and oxygen atoms in total. The van der Waals surface area contributed by atoms with Crippen molar-refractivity contribution in [2.75, 3.05) is 17.2 Å². The Morgan fingerprint density at radius 1 is 0.840 bits per heavy atom. The number of rotatable bonds is 12. The SMILES string of the molecule is CCOc1ccc(/C=C(/NC(=O)c2ccccc2)C(=O)Nc2cccc(SC(C(=O)Nc3nc4ccc(C)cc4s3)c3ccccc3)c2)cc1. The number of nitrogens with one attached hydrogen (secondary N) is 3. The molecule has 1 aromatic heterocycles. The Labute approximate surface area is 298 Å². The Bertz CT molecular complexity index is 2150. The van der Waals surface area contributed by atoms with Crippen molar-refractivity contribution in [1.82, 2.24) is 10.3 Å². The van der Waals surface area contributed by atoms with Crippen LogP contribution in [0.25, 0.3) is 16.3 Å². The van der Waals surface area contributed by atoms with Gasteiger partial charge in [0.2, 0.25) is 5.91 Å². The van der Waals surface area contributed by atoms with Gasteiger partial charge >= 0.3 is 0 Å². The summed E-state index contributed by atoms with van der Waals surface area (Å²) in [4.78, 5) is 46.0. The molecule has 0 aliphatic heterocycles. The number of aryl methyl sites for hydroxylation is 1. The standard InChI is InChI=1S/C40H34N4O4S2/c1-3-48-31-20-18-27(19-21-31)24-34(42-37(45)29-13-8-5-9-14-29)38(46)41-30-15-10-16-32(25-30)49-36(28-11-6-4-7-12-28)39(47)44-40-43-33-22-17-26(2)23-35(33)50-40/h4-25,36H,3H2,1-2H3,(H,41,46)(H,42,45)(H,43,44,47)/b34-24+. The minimum absolute atomic E-state index is 0.0636. The molecule has 3 amide bonds. The van der Waals surface area contributed by atoms with E-state index in [1.165, 1.54) is 23.1 Å². The van der Waals surface area contributed by atoms with Gasteiger partial charge in [0.05, 0.1) is 16.8 Å². The molecule has 1 atom stereocenters. The second-order valence-electron chi connectivity index (χ2n) is 11.3. The Balaban J connectivity index is 1.22. The molecule has 6 rings (SSSR count). The van der Waals surface area contributed by atoms with Crippen LogP contribution in [-0.4, -0.2) is 29.3 Å². The molecule has 3 N–H and O–H groups in total. The van der Waals surface area contributed by atoms with Crippen LogP contribution >= 0.6 is 23.1 Å². The summed E-state index contributed by atoms with van der Waals surface area (Å²) >= 11 is 2.80. The van der Waals surface area contributed by atoms with Crippen molar-refractivity contribution in [3.8, 4) is 5.75 Å². The highest BCUT2D eigenvalue weighted by molar-refractivity contribution is 8.00. The predicted molar refractivity (Wildman–Crippen MR) is 203 cm³/mol. The summed E-state index contributed by atoms with van der Waals surface area (Å²) in [5.74, 6) is -0.428. The molecule has 0 saturated heterocycles. The van der Waals surface area contributed by atoms with E-state index in [4.69, 9.17) is 4.74 Å². The lowest BCUT2D eigenvalue weighted by molar-refractivity contribution is -0.116. The first-order chi connectivity index (χ1) is 24.3. The summed E-state index contributed by atoms with van der Waals surface area (Å²) in [6.07, 6.45) is 1.61. The molecule has 1 unspecified atom stereocenters. The molecule has 0 aliphatic rings. The Morgan fingerprint density at radius 2 is 1.58 bits per heavy atom. The van der Waals surface area contributed by atoms with Crippen molar-refractivity contribution in [2.24, 2.45) is 0 Å². The number of thioether (sulfide) groups is 1.